The van der Waals surface area contributed by atoms with E-state index in [4.69, 9.17) is 14.1 Å². The molecule has 8 nitrogen and oxygen atoms in total. The van der Waals surface area contributed by atoms with Crippen molar-refractivity contribution in [2.24, 2.45) is 11.3 Å². The number of nitrogens with one attached hydrogen (secondary N) is 1. The molecule has 9 heteroatoms. The van der Waals surface area contributed by atoms with Crippen molar-refractivity contribution in [3.63, 3.8) is 0 Å². The van der Waals surface area contributed by atoms with Crippen LogP contribution in [0.2, 0.25) is 0 Å². The third-order valence-corrected chi connectivity index (χ3v) is 9.34. The predicted molar refractivity (Wildman–Crippen MR) is 156 cm³/mol. The largest absolute Gasteiger partial charge is 0.475 e. The lowest BCUT2D eigenvalue weighted by molar-refractivity contribution is 0.00933. The number of carbonyl (C=O) groups is 1. The highest BCUT2D eigenvalue weighted by atomic mass is 32.2. The Labute approximate surface area is 236 Å². The topological polar surface area (TPSA) is 97.6 Å². The Kier molecular flexibility index (Phi) is 6.03. The number of hydrogen-bond acceptors (Lipinski definition) is 8. The fraction of sp³-hybridized carbons (Fsp3) is 0.419. The molecule has 4 aromatic rings. The number of aryl methyl sites for hydroxylation is 1. The lowest BCUT2D eigenvalue weighted by Crippen LogP contribution is -2.55. The molecule has 3 heterocycles. The van der Waals surface area contributed by atoms with Crippen molar-refractivity contribution >= 4 is 45.7 Å². The number of carbonyl (C=O) groups excluding carboxylic acids is 1. The predicted octanol–water partition coefficient (Wildman–Crippen LogP) is 6.36. The summed E-state index contributed by atoms with van der Waals surface area (Å²) in [6, 6.07) is 13.3. The van der Waals surface area contributed by atoms with Crippen LogP contribution in [0, 0.1) is 18.3 Å². The standard InChI is InChI=1S/C31H32N4O4S/c1-17(2)12-20-16-38-27-25-26(24-18(3)6-4-9-23(24)39-29(25)37)32-30(33-27)34-40-22-8-5-7-19(13-22)28(36)35(20)21-14-31(15-21)10-11-31/h4-9,13,17,20-21H,10-12,14-16H2,1-3H3,(H,32,33,34). The van der Waals surface area contributed by atoms with E-state index < -0.39 is 5.63 Å². The molecule has 2 fully saturated rings. The number of aromatic nitrogens is 2. The van der Waals surface area contributed by atoms with Gasteiger partial charge in [0.1, 0.15) is 17.6 Å². The number of amides is 1. The lowest BCUT2D eigenvalue weighted by Gasteiger charge is -2.47. The van der Waals surface area contributed by atoms with E-state index in [1.165, 1.54) is 24.8 Å². The summed E-state index contributed by atoms with van der Waals surface area (Å²) in [4.78, 5) is 39.8. The van der Waals surface area contributed by atoms with Crippen LogP contribution in [0.5, 0.6) is 5.88 Å². The van der Waals surface area contributed by atoms with Crippen LogP contribution in [0.15, 0.2) is 56.6 Å². The van der Waals surface area contributed by atoms with Gasteiger partial charge in [0.25, 0.3) is 5.91 Å². The number of anilines is 1. The second-order valence-electron chi connectivity index (χ2n) is 12.0. The monoisotopic (exact) mass is 556 g/mol. The minimum atomic E-state index is -0.540. The average molecular weight is 557 g/mol. The van der Waals surface area contributed by atoms with Crippen LogP contribution in [0.1, 0.15) is 61.9 Å². The molecule has 3 aliphatic rings. The van der Waals surface area contributed by atoms with Gasteiger partial charge in [-0.25, -0.2) is 9.78 Å². The first-order valence-corrected chi connectivity index (χ1v) is 14.8. The van der Waals surface area contributed by atoms with E-state index in [9.17, 15) is 9.59 Å². The van der Waals surface area contributed by atoms with Gasteiger partial charge in [-0.3, -0.25) is 9.52 Å². The van der Waals surface area contributed by atoms with E-state index in [-0.39, 0.29) is 35.9 Å². The Morgan fingerprint density at radius 1 is 1.10 bits per heavy atom. The molecule has 4 bridgehead atoms. The van der Waals surface area contributed by atoms with Crippen molar-refractivity contribution < 1.29 is 13.9 Å². The highest BCUT2D eigenvalue weighted by Crippen LogP contribution is 2.62. The van der Waals surface area contributed by atoms with Crippen molar-refractivity contribution in [1.29, 1.82) is 0 Å². The zero-order valence-corrected chi connectivity index (χ0v) is 23.7. The second-order valence-corrected chi connectivity index (χ2v) is 12.9. The second kappa shape index (κ2) is 9.51. The maximum Gasteiger partial charge on any atom is 0.351 e. The summed E-state index contributed by atoms with van der Waals surface area (Å²) in [6.07, 6.45) is 5.37. The van der Waals surface area contributed by atoms with E-state index in [1.54, 1.807) is 6.07 Å². The molecule has 7 rings (SSSR count). The molecule has 40 heavy (non-hydrogen) atoms. The number of fused-ring (bicyclic) bond motifs is 8. The maximum atomic E-state index is 14.2. The zero-order valence-electron chi connectivity index (χ0n) is 22.9. The normalized spacial score (nSPS) is 20.4. The Morgan fingerprint density at radius 3 is 2.67 bits per heavy atom. The van der Waals surface area contributed by atoms with Gasteiger partial charge in [-0.15, -0.1) is 0 Å². The molecular weight excluding hydrogens is 524 g/mol. The van der Waals surface area contributed by atoms with Crippen LogP contribution in [-0.2, 0) is 0 Å². The minimum Gasteiger partial charge on any atom is -0.475 e. The van der Waals surface area contributed by atoms with Gasteiger partial charge in [0.15, 0.2) is 0 Å². The van der Waals surface area contributed by atoms with Crippen molar-refractivity contribution in [1.82, 2.24) is 14.9 Å². The average Bonchev–Trinajstić information content (AvgIpc) is 3.71. The molecule has 0 saturated heterocycles. The Morgan fingerprint density at radius 2 is 1.90 bits per heavy atom. The van der Waals surface area contributed by atoms with E-state index >= 15 is 0 Å². The van der Waals surface area contributed by atoms with Gasteiger partial charge in [-0.1, -0.05) is 32.0 Å². The van der Waals surface area contributed by atoms with Gasteiger partial charge >= 0.3 is 5.63 Å². The molecule has 1 amide bonds. The third kappa shape index (κ3) is 4.40. The number of nitrogens with zero attached hydrogens (tertiary/aromatic N) is 3. The van der Waals surface area contributed by atoms with Crippen molar-refractivity contribution in [2.75, 3.05) is 11.3 Å². The van der Waals surface area contributed by atoms with Crippen LogP contribution in [0.4, 0.5) is 5.95 Å². The molecule has 206 valence electrons. The van der Waals surface area contributed by atoms with Gasteiger partial charge in [-0.2, -0.15) is 4.98 Å². The summed E-state index contributed by atoms with van der Waals surface area (Å²) >= 11 is 1.33. The molecule has 0 radical (unpaired) electrons. The van der Waals surface area contributed by atoms with Crippen molar-refractivity contribution in [3.8, 4) is 5.88 Å². The molecule has 2 saturated carbocycles. The number of rotatable bonds is 3. The first kappa shape index (κ1) is 25.4. The number of ether oxygens (including phenoxy) is 1. The lowest BCUT2D eigenvalue weighted by atomic mass is 9.75. The van der Waals surface area contributed by atoms with Gasteiger partial charge in [0, 0.05) is 21.9 Å². The Hall–Kier alpha value is -3.59. The van der Waals surface area contributed by atoms with E-state index in [1.807, 2.05) is 43.3 Å². The number of benzene rings is 2. The summed E-state index contributed by atoms with van der Waals surface area (Å²) < 4.78 is 15.3. The van der Waals surface area contributed by atoms with Gasteiger partial charge in [0.2, 0.25) is 11.8 Å². The van der Waals surface area contributed by atoms with Gasteiger partial charge in [0.05, 0.1) is 11.6 Å². The molecule has 1 atom stereocenters. The Balaban J connectivity index is 1.39. The summed E-state index contributed by atoms with van der Waals surface area (Å²) in [7, 11) is 0. The van der Waals surface area contributed by atoms with Crippen LogP contribution in [0.25, 0.3) is 21.9 Å². The maximum absolute atomic E-state index is 14.2. The quantitative estimate of drug-likeness (QED) is 0.177. The molecule has 2 aliphatic carbocycles. The van der Waals surface area contributed by atoms with Crippen molar-refractivity contribution in [3.05, 3.63) is 64.0 Å². The molecule has 1 N–H and O–H groups in total. The summed E-state index contributed by atoms with van der Waals surface area (Å²) in [5.74, 6) is 0.865. The molecule has 1 unspecified atom stereocenters. The third-order valence-electron chi connectivity index (χ3n) is 8.57. The first-order chi connectivity index (χ1) is 19.3. The summed E-state index contributed by atoms with van der Waals surface area (Å²) in [5.41, 5.74) is 2.46. The Bertz CT molecular complexity index is 1710. The molecule has 2 aromatic carbocycles. The summed E-state index contributed by atoms with van der Waals surface area (Å²) in [5, 5.41) is 0.970. The van der Waals surface area contributed by atoms with E-state index in [0.717, 1.165) is 35.1 Å². The summed E-state index contributed by atoms with van der Waals surface area (Å²) in [6.45, 7) is 6.51. The molecule has 2 aromatic heterocycles. The van der Waals surface area contributed by atoms with Gasteiger partial charge in [-0.05, 0) is 92.1 Å². The van der Waals surface area contributed by atoms with Crippen LogP contribution in [0.3, 0.4) is 0 Å². The fourth-order valence-corrected chi connectivity index (χ4v) is 7.05. The van der Waals surface area contributed by atoms with Crippen LogP contribution >= 0.6 is 11.9 Å². The van der Waals surface area contributed by atoms with E-state index in [0.29, 0.717) is 33.9 Å². The highest BCUT2D eigenvalue weighted by Gasteiger charge is 2.56. The van der Waals surface area contributed by atoms with Crippen molar-refractivity contribution in [2.45, 2.75) is 69.9 Å². The fourth-order valence-electron chi connectivity index (χ4n) is 6.41. The van der Waals surface area contributed by atoms with Crippen LogP contribution in [-0.4, -0.2) is 39.5 Å². The first-order valence-electron chi connectivity index (χ1n) is 14.0. The number of hydrogen-bond donors (Lipinski definition) is 1. The molecule has 1 aliphatic heterocycles. The smallest absolute Gasteiger partial charge is 0.351 e. The SMILES string of the molecule is Cc1cccc2oc(=O)c3c4nc(nc3c12)NSc1cccc(c1)C(=O)N(C1CC2(CC2)C1)C(CC(C)C)CO4. The zero-order chi connectivity index (χ0) is 27.6. The minimum absolute atomic E-state index is 0.0280. The molecule has 1 spiro atoms. The highest BCUT2D eigenvalue weighted by molar-refractivity contribution is 8.00. The molecular formula is C31H32N4O4S. The van der Waals surface area contributed by atoms with Crippen LogP contribution < -0.4 is 15.1 Å². The van der Waals surface area contributed by atoms with Gasteiger partial charge < -0.3 is 14.1 Å². The van der Waals surface area contributed by atoms with E-state index in [2.05, 4.69) is 28.5 Å².